The number of benzene rings is 1. The van der Waals surface area contributed by atoms with Gasteiger partial charge in [-0.2, -0.15) is 0 Å². The Labute approximate surface area is 162 Å². The molecule has 0 aromatic heterocycles. The Morgan fingerprint density at radius 3 is 2.44 bits per heavy atom. The molecule has 1 unspecified atom stereocenters. The van der Waals surface area contributed by atoms with Crippen molar-refractivity contribution in [2.24, 2.45) is 11.8 Å². The summed E-state index contributed by atoms with van der Waals surface area (Å²) < 4.78 is 18.4. The smallest absolute Gasteiger partial charge is 0.271 e. The predicted molar refractivity (Wildman–Crippen MR) is 108 cm³/mol. The van der Waals surface area contributed by atoms with Gasteiger partial charge in [0.15, 0.2) is 0 Å². The first-order valence-corrected chi connectivity index (χ1v) is 11.5. The van der Waals surface area contributed by atoms with Gasteiger partial charge in [0.2, 0.25) is 5.91 Å². The van der Waals surface area contributed by atoms with Gasteiger partial charge in [0.25, 0.3) is 7.52 Å². The summed E-state index contributed by atoms with van der Waals surface area (Å²) >= 11 is 0. The van der Waals surface area contributed by atoms with Gasteiger partial charge in [0.05, 0.1) is 24.9 Å². The number of aryl methyl sites for hydroxylation is 1. The minimum atomic E-state index is -3.68. The van der Waals surface area contributed by atoms with Crippen LogP contribution >= 0.6 is 7.52 Å². The molecular weight excluding hydrogens is 363 g/mol. The van der Waals surface area contributed by atoms with Gasteiger partial charge in [0.1, 0.15) is 5.75 Å². The third-order valence-corrected chi connectivity index (χ3v) is 6.10. The molecule has 6 nitrogen and oxygen atoms in total. The van der Waals surface area contributed by atoms with Crippen molar-refractivity contribution >= 4 is 13.4 Å². The maximum absolute atomic E-state index is 13.0. The van der Waals surface area contributed by atoms with E-state index in [-0.39, 0.29) is 30.6 Å². The second kappa shape index (κ2) is 9.22. The summed E-state index contributed by atoms with van der Waals surface area (Å²) in [5.74, 6) is 1.01. The highest BCUT2D eigenvalue weighted by atomic mass is 31.2. The third-order valence-electron chi connectivity index (χ3n) is 4.60. The van der Waals surface area contributed by atoms with Crippen LogP contribution in [0, 0.1) is 18.8 Å². The zero-order valence-corrected chi connectivity index (χ0v) is 17.9. The van der Waals surface area contributed by atoms with Gasteiger partial charge in [-0.05, 0) is 37.7 Å². The molecule has 0 aliphatic carbocycles. The second-order valence-electron chi connectivity index (χ2n) is 8.32. The van der Waals surface area contributed by atoms with Crippen molar-refractivity contribution in [3.63, 3.8) is 0 Å². The van der Waals surface area contributed by atoms with Gasteiger partial charge >= 0.3 is 0 Å². The molecule has 1 amide bonds. The van der Waals surface area contributed by atoms with Crippen LogP contribution in [0.4, 0.5) is 0 Å². The number of carbonyl (C=O) groups is 1. The monoisotopic (exact) mass is 396 g/mol. The van der Waals surface area contributed by atoms with Crippen LogP contribution in [0.15, 0.2) is 18.2 Å². The van der Waals surface area contributed by atoms with Crippen molar-refractivity contribution < 1.29 is 19.0 Å². The molecule has 0 spiro atoms. The lowest BCUT2D eigenvalue weighted by molar-refractivity contribution is -0.124. The SMILES string of the molecule is Cc1ccc2c(c1)[C@@H](CC(C)C)NC(=O)[C@H](CC(C)C)NP(=O)(O)CCO2. The zero-order valence-electron chi connectivity index (χ0n) is 17.0. The maximum Gasteiger partial charge on any atom is 0.271 e. The Kier molecular flexibility index (Phi) is 7.49. The standard InChI is InChI=1S/C20H33N2O4P/c1-13(2)10-17-16-12-15(5)6-7-19(16)26-8-9-27(24,25)22-18(11-14(3)4)20(23)21-17/h6-7,12-14,17-18H,8-11H2,1-5H3,(H,21,23)(H2,22,24,25)/t17-,18+/m1/s1. The molecule has 1 aliphatic heterocycles. The average molecular weight is 396 g/mol. The van der Waals surface area contributed by atoms with E-state index in [0.717, 1.165) is 17.5 Å². The molecule has 2 rings (SSSR count). The molecular formula is C20H33N2O4P. The summed E-state index contributed by atoms with van der Waals surface area (Å²) in [4.78, 5) is 23.3. The van der Waals surface area contributed by atoms with Crippen molar-refractivity contribution in [3.8, 4) is 5.75 Å². The fourth-order valence-electron chi connectivity index (χ4n) is 3.36. The first kappa shape index (κ1) is 21.9. The molecule has 3 atom stereocenters. The van der Waals surface area contributed by atoms with Crippen molar-refractivity contribution in [1.29, 1.82) is 0 Å². The summed E-state index contributed by atoms with van der Waals surface area (Å²) in [5.41, 5.74) is 2.01. The van der Waals surface area contributed by atoms with Crippen LogP contribution in [0.1, 0.15) is 57.7 Å². The summed E-state index contributed by atoms with van der Waals surface area (Å²) in [6.45, 7) is 10.3. The van der Waals surface area contributed by atoms with Gasteiger partial charge < -0.3 is 14.9 Å². The minimum absolute atomic E-state index is 0.0446. The zero-order chi connectivity index (χ0) is 20.2. The molecule has 0 saturated carbocycles. The van der Waals surface area contributed by atoms with Gasteiger partial charge in [-0.15, -0.1) is 0 Å². The predicted octanol–water partition coefficient (Wildman–Crippen LogP) is 3.78. The lowest BCUT2D eigenvalue weighted by Crippen LogP contribution is -2.45. The molecule has 1 aromatic carbocycles. The van der Waals surface area contributed by atoms with E-state index in [4.69, 9.17) is 4.74 Å². The number of fused-ring (bicyclic) bond motifs is 1. The normalized spacial score (nSPS) is 26.9. The van der Waals surface area contributed by atoms with Crippen LogP contribution in [-0.2, 0) is 9.36 Å². The molecule has 0 bridgehead atoms. The molecule has 3 N–H and O–H groups in total. The number of amides is 1. The van der Waals surface area contributed by atoms with E-state index in [1.54, 1.807) is 0 Å². The van der Waals surface area contributed by atoms with Crippen LogP contribution in [0.3, 0.4) is 0 Å². The summed E-state index contributed by atoms with van der Waals surface area (Å²) in [6.07, 6.45) is 1.21. The lowest BCUT2D eigenvalue weighted by atomic mass is 9.94. The molecule has 0 radical (unpaired) electrons. The Hall–Kier alpha value is -1.36. The van der Waals surface area contributed by atoms with E-state index in [2.05, 4.69) is 24.3 Å². The fourth-order valence-corrected chi connectivity index (χ4v) is 4.53. The molecule has 1 aromatic rings. The number of hydrogen-bond acceptors (Lipinski definition) is 3. The van der Waals surface area contributed by atoms with Crippen molar-refractivity contribution in [3.05, 3.63) is 29.3 Å². The number of nitrogens with one attached hydrogen (secondary N) is 2. The van der Waals surface area contributed by atoms with E-state index in [1.165, 1.54) is 0 Å². The van der Waals surface area contributed by atoms with Crippen molar-refractivity contribution in [2.45, 2.75) is 59.5 Å². The summed E-state index contributed by atoms with van der Waals surface area (Å²) in [5, 5.41) is 5.81. The highest BCUT2D eigenvalue weighted by Crippen LogP contribution is 2.38. The minimum Gasteiger partial charge on any atom is -0.493 e. The molecule has 27 heavy (non-hydrogen) atoms. The Balaban J connectivity index is 2.44. The van der Waals surface area contributed by atoms with E-state index < -0.39 is 13.6 Å². The van der Waals surface area contributed by atoms with Crippen LogP contribution in [0.2, 0.25) is 0 Å². The molecule has 0 fully saturated rings. The second-order valence-corrected chi connectivity index (χ2v) is 10.4. The first-order chi connectivity index (χ1) is 12.6. The van der Waals surface area contributed by atoms with E-state index in [1.807, 2.05) is 39.0 Å². The van der Waals surface area contributed by atoms with Crippen LogP contribution < -0.4 is 15.1 Å². The van der Waals surface area contributed by atoms with Crippen LogP contribution in [-0.4, -0.2) is 29.6 Å². The Morgan fingerprint density at radius 2 is 1.81 bits per heavy atom. The first-order valence-electron chi connectivity index (χ1n) is 9.70. The van der Waals surface area contributed by atoms with Crippen LogP contribution in [0.5, 0.6) is 5.75 Å². The largest absolute Gasteiger partial charge is 0.493 e. The van der Waals surface area contributed by atoms with Gasteiger partial charge in [-0.3, -0.25) is 9.36 Å². The Morgan fingerprint density at radius 1 is 1.19 bits per heavy atom. The highest BCUT2D eigenvalue weighted by Gasteiger charge is 2.32. The summed E-state index contributed by atoms with van der Waals surface area (Å²) in [7, 11) is -3.68. The molecule has 0 saturated heterocycles. The quantitative estimate of drug-likeness (QED) is 0.674. The molecule has 152 valence electrons. The number of hydrogen-bond donors (Lipinski definition) is 3. The number of rotatable bonds is 4. The lowest BCUT2D eigenvalue weighted by Gasteiger charge is -2.27. The van der Waals surface area contributed by atoms with Gasteiger partial charge in [-0.1, -0.05) is 45.4 Å². The average Bonchev–Trinajstić information content (AvgIpc) is 2.54. The topological polar surface area (TPSA) is 87.7 Å². The maximum atomic E-state index is 13.0. The van der Waals surface area contributed by atoms with Gasteiger partial charge in [-0.25, -0.2) is 5.09 Å². The third kappa shape index (κ3) is 6.63. The highest BCUT2D eigenvalue weighted by molar-refractivity contribution is 7.55. The van der Waals surface area contributed by atoms with E-state index in [9.17, 15) is 14.3 Å². The number of carbonyl (C=O) groups excluding carboxylic acids is 1. The summed E-state index contributed by atoms with van der Waals surface area (Å²) in [6, 6.07) is 4.94. The van der Waals surface area contributed by atoms with Crippen molar-refractivity contribution in [2.75, 3.05) is 12.8 Å². The van der Waals surface area contributed by atoms with Gasteiger partial charge in [0, 0.05) is 5.56 Å². The molecule has 1 aliphatic rings. The van der Waals surface area contributed by atoms with E-state index in [0.29, 0.717) is 18.1 Å². The van der Waals surface area contributed by atoms with Crippen molar-refractivity contribution in [1.82, 2.24) is 10.4 Å². The molecule has 1 heterocycles. The number of ether oxygens (including phenoxy) is 1. The fraction of sp³-hybridized carbons (Fsp3) is 0.650. The van der Waals surface area contributed by atoms with Crippen LogP contribution in [0.25, 0.3) is 0 Å². The molecule has 7 heteroatoms. The Bertz CT molecular complexity index is 705. The van der Waals surface area contributed by atoms with E-state index >= 15 is 0 Å².